The van der Waals surface area contributed by atoms with Crippen molar-refractivity contribution in [3.63, 3.8) is 0 Å². The van der Waals surface area contributed by atoms with Gasteiger partial charge in [-0.3, -0.25) is 0 Å². The SMILES string of the molecule is C[C@]1(CO)O[C@H]2CO[C@H](c3ccccc3)O[C@@H]2CC1O. The van der Waals surface area contributed by atoms with Crippen molar-refractivity contribution in [3.05, 3.63) is 35.9 Å². The first kappa shape index (κ1) is 14.0. The first-order valence-electron chi connectivity index (χ1n) is 6.91. The van der Waals surface area contributed by atoms with Crippen molar-refractivity contribution in [2.45, 2.75) is 43.5 Å². The molecule has 0 aliphatic carbocycles. The summed E-state index contributed by atoms with van der Waals surface area (Å²) in [6.07, 6.45) is -1.21. The fraction of sp³-hybridized carbons (Fsp3) is 0.600. The maximum Gasteiger partial charge on any atom is 0.184 e. The molecule has 0 aromatic heterocycles. The van der Waals surface area contributed by atoms with Gasteiger partial charge in [-0.1, -0.05) is 30.3 Å². The summed E-state index contributed by atoms with van der Waals surface area (Å²) >= 11 is 0. The van der Waals surface area contributed by atoms with Gasteiger partial charge in [-0.2, -0.15) is 0 Å². The molecule has 20 heavy (non-hydrogen) atoms. The third kappa shape index (κ3) is 2.47. The summed E-state index contributed by atoms with van der Waals surface area (Å²) in [7, 11) is 0. The Labute approximate surface area is 118 Å². The highest BCUT2D eigenvalue weighted by molar-refractivity contribution is 5.16. The van der Waals surface area contributed by atoms with Crippen LogP contribution in [0.3, 0.4) is 0 Å². The van der Waals surface area contributed by atoms with Crippen LogP contribution < -0.4 is 0 Å². The monoisotopic (exact) mass is 280 g/mol. The maximum absolute atomic E-state index is 10.1. The van der Waals surface area contributed by atoms with Gasteiger partial charge in [0.1, 0.15) is 11.7 Å². The van der Waals surface area contributed by atoms with Crippen molar-refractivity contribution in [2.75, 3.05) is 13.2 Å². The topological polar surface area (TPSA) is 68.2 Å². The molecular weight excluding hydrogens is 260 g/mol. The molecule has 2 heterocycles. The predicted octanol–water partition coefficient (Wildman–Crippen LogP) is 1.00. The first-order chi connectivity index (χ1) is 9.62. The number of fused-ring (bicyclic) bond motifs is 1. The van der Waals surface area contributed by atoms with Crippen molar-refractivity contribution in [2.24, 2.45) is 0 Å². The van der Waals surface area contributed by atoms with Crippen molar-refractivity contribution in [3.8, 4) is 0 Å². The highest BCUT2D eigenvalue weighted by atomic mass is 16.7. The van der Waals surface area contributed by atoms with Crippen LogP contribution in [0, 0.1) is 0 Å². The minimum Gasteiger partial charge on any atom is -0.393 e. The van der Waals surface area contributed by atoms with E-state index in [1.54, 1.807) is 6.92 Å². The lowest BCUT2D eigenvalue weighted by Gasteiger charge is -2.48. The molecule has 5 nitrogen and oxygen atoms in total. The van der Waals surface area contributed by atoms with E-state index in [-0.39, 0.29) is 18.8 Å². The van der Waals surface area contributed by atoms with E-state index in [0.717, 1.165) is 5.56 Å². The number of aliphatic hydroxyl groups excluding tert-OH is 2. The number of rotatable bonds is 2. The lowest BCUT2D eigenvalue weighted by atomic mass is 9.88. The number of aliphatic hydroxyl groups is 2. The summed E-state index contributed by atoms with van der Waals surface area (Å²) in [4.78, 5) is 0. The van der Waals surface area contributed by atoms with Gasteiger partial charge in [0.2, 0.25) is 0 Å². The molecule has 2 aliphatic rings. The normalized spacial score (nSPS) is 41.1. The Morgan fingerprint density at radius 1 is 1.25 bits per heavy atom. The van der Waals surface area contributed by atoms with Crippen LogP contribution in [0.5, 0.6) is 0 Å². The molecule has 2 aliphatic heterocycles. The Morgan fingerprint density at radius 3 is 2.70 bits per heavy atom. The third-order valence-electron chi connectivity index (χ3n) is 4.09. The van der Waals surface area contributed by atoms with Crippen LogP contribution in [0.2, 0.25) is 0 Å². The summed E-state index contributed by atoms with van der Waals surface area (Å²) in [6.45, 7) is 1.88. The second-order valence-corrected chi connectivity index (χ2v) is 5.63. The molecule has 0 spiro atoms. The van der Waals surface area contributed by atoms with E-state index in [2.05, 4.69) is 0 Å². The van der Waals surface area contributed by atoms with E-state index in [4.69, 9.17) is 14.2 Å². The number of hydrogen-bond donors (Lipinski definition) is 2. The molecule has 0 amide bonds. The first-order valence-corrected chi connectivity index (χ1v) is 6.91. The van der Waals surface area contributed by atoms with Gasteiger partial charge < -0.3 is 24.4 Å². The quantitative estimate of drug-likeness (QED) is 0.846. The van der Waals surface area contributed by atoms with Crippen LogP contribution in [0.15, 0.2) is 30.3 Å². The average molecular weight is 280 g/mol. The van der Waals surface area contributed by atoms with Gasteiger partial charge in [-0.25, -0.2) is 0 Å². The summed E-state index contributed by atoms with van der Waals surface area (Å²) in [5.41, 5.74) is 0.0175. The van der Waals surface area contributed by atoms with Gasteiger partial charge in [0.05, 0.1) is 25.4 Å². The molecule has 110 valence electrons. The Hall–Kier alpha value is -0.980. The summed E-state index contributed by atoms with van der Waals surface area (Å²) < 4.78 is 17.4. The Morgan fingerprint density at radius 2 is 2.00 bits per heavy atom. The number of ether oxygens (including phenoxy) is 3. The lowest BCUT2D eigenvalue weighted by molar-refractivity contribution is -0.324. The smallest absolute Gasteiger partial charge is 0.184 e. The molecule has 3 rings (SSSR count). The van der Waals surface area contributed by atoms with Crippen LogP contribution in [0.4, 0.5) is 0 Å². The number of benzene rings is 1. The zero-order valence-electron chi connectivity index (χ0n) is 11.4. The van der Waals surface area contributed by atoms with Crippen LogP contribution in [0.1, 0.15) is 25.2 Å². The van der Waals surface area contributed by atoms with Crippen LogP contribution in [-0.2, 0) is 14.2 Å². The van der Waals surface area contributed by atoms with Crippen molar-refractivity contribution in [1.82, 2.24) is 0 Å². The molecular formula is C15H20O5. The second kappa shape index (κ2) is 5.42. The minimum absolute atomic E-state index is 0.219. The fourth-order valence-electron chi connectivity index (χ4n) is 2.71. The van der Waals surface area contributed by atoms with E-state index in [9.17, 15) is 10.2 Å². The molecule has 2 N–H and O–H groups in total. The molecule has 0 bridgehead atoms. The zero-order valence-corrected chi connectivity index (χ0v) is 11.4. The van der Waals surface area contributed by atoms with E-state index in [1.165, 1.54) is 0 Å². The van der Waals surface area contributed by atoms with Crippen LogP contribution in [-0.4, -0.2) is 47.3 Å². The second-order valence-electron chi connectivity index (χ2n) is 5.63. The van der Waals surface area contributed by atoms with E-state index < -0.39 is 18.0 Å². The molecule has 5 atom stereocenters. The van der Waals surface area contributed by atoms with E-state index in [0.29, 0.717) is 13.0 Å². The zero-order chi connectivity index (χ0) is 14.2. The highest BCUT2D eigenvalue weighted by Gasteiger charge is 2.48. The largest absolute Gasteiger partial charge is 0.393 e. The molecule has 2 saturated heterocycles. The molecule has 5 heteroatoms. The average Bonchev–Trinajstić information content (AvgIpc) is 2.49. The molecule has 1 aromatic carbocycles. The van der Waals surface area contributed by atoms with Crippen molar-refractivity contribution >= 4 is 0 Å². The standard InChI is InChI=1S/C15H20O5/c1-15(9-16)13(17)7-11-12(20-15)8-18-14(19-11)10-5-3-2-4-6-10/h2-6,11-14,16-17H,7-9H2,1H3/t11-,12+,13?,14+,15-/m1/s1. The summed E-state index contributed by atoms with van der Waals surface area (Å²) in [5.74, 6) is 0. The van der Waals surface area contributed by atoms with E-state index >= 15 is 0 Å². The summed E-state index contributed by atoms with van der Waals surface area (Å²) in [6, 6.07) is 9.70. The maximum atomic E-state index is 10.1. The predicted molar refractivity (Wildman–Crippen MR) is 71.0 cm³/mol. The van der Waals surface area contributed by atoms with Crippen LogP contribution >= 0.6 is 0 Å². The van der Waals surface area contributed by atoms with Crippen molar-refractivity contribution in [1.29, 1.82) is 0 Å². The van der Waals surface area contributed by atoms with Crippen molar-refractivity contribution < 1.29 is 24.4 Å². The van der Waals surface area contributed by atoms with Gasteiger partial charge in [0, 0.05) is 12.0 Å². The number of hydrogen-bond acceptors (Lipinski definition) is 5. The molecule has 2 fully saturated rings. The minimum atomic E-state index is -0.937. The van der Waals surface area contributed by atoms with Crippen LogP contribution in [0.25, 0.3) is 0 Å². The molecule has 1 unspecified atom stereocenters. The van der Waals surface area contributed by atoms with Gasteiger partial charge in [-0.05, 0) is 6.92 Å². The lowest BCUT2D eigenvalue weighted by Crippen LogP contribution is -2.60. The fourth-order valence-corrected chi connectivity index (χ4v) is 2.71. The van der Waals surface area contributed by atoms with Gasteiger partial charge >= 0.3 is 0 Å². The molecule has 1 aromatic rings. The third-order valence-corrected chi connectivity index (χ3v) is 4.09. The highest BCUT2D eigenvalue weighted by Crippen LogP contribution is 2.37. The Balaban J connectivity index is 1.71. The van der Waals surface area contributed by atoms with Gasteiger partial charge in [-0.15, -0.1) is 0 Å². The molecule has 0 saturated carbocycles. The Kier molecular flexibility index (Phi) is 3.79. The van der Waals surface area contributed by atoms with Gasteiger partial charge in [0.25, 0.3) is 0 Å². The van der Waals surface area contributed by atoms with E-state index in [1.807, 2.05) is 30.3 Å². The molecule has 0 radical (unpaired) electrons. The summed E-state index contributed by atoms with van der Waals surface area (Å²) in [5, 5.41) is 19.5. The Bertz CT molecular complexity index is 451. The van der Waals surface area contributed by atoms with Gasteiger partial charge in [0.15, 0.2) is 6.29 Å².